The van der Waals surface area contributed by atoms with Gasteiger partial charge in [0.2, 0.25) is 0 Å². The van der Waals surface area contributed by atoms with E-state index in [0.717, 1.165) is 0 Å². The summed E-state index contributed by atoms with van der Waals surface area (Å²) in [6.45, 7) is -1.39. The highest BCUT2D eigenvalue weighted by molar-refractivity contribution is 5.98. The molecule has 25 heavy (non-hydrogen) atoms. The van der Waals surface area contributed by atoms with Gasteiger partial charge in [-0.2, -0.15) is 8.78 Å². The molecule has 0 atom stereocenters. The highest BCUT2D eigenvalue weighted by atomic mass is 19.3. The normalized spacial score (nSPS) is 10.4. The molecule has 2 rings (SSSR count). The molecule has 1 amide bonds. The van der Waals surface area contributed by atoms with Gasteiger partial charge in [0.05, 0.1) is 0 Å². The fraction of sp³-hybridized carbons (Fsp3) is 0.222. The van der Waals surface area contributed by atoms with E-state index in [2.05, 4.69) is 4.74 Å². The van der Waals surface area contributed by atoms with Crippen LogP contribution in [0, 0.1) is 0 Å². The van der Waals surface area contributed by atoms with Gasteiger partial charge in [-0.25, -0.2) is 4.79 Å². The van der Waals surface area contributed by atoms with E-state index >= 15 is 0 Å². The number of halogens is 2. The highest BCUT2D eigenvalue weighted by Crippen LogP contribution is 2.21. The Labute approximate surface area is 143 Å². The Hall–Kier alpha value is -2.96. The van der Waals surface area contributed by atoms with Crippen LogP contribution < -0.4 is 9.64 Å². The fourth-order valence-electron chi connectivity index (χ4n) is 2.23. The summed E-state index contributed by atoms with van der Waals surface area (Å²) >= 11 is 0. The van der Waals surface area contributed by atoms with Crippen LogP contribution in [0.1, 0.15) is 17.3 Å². The maximum atomic E-state index is 12.4. The van der Waals surface area contributed by atoms with E-state index in [-0.39, 0.29) is 11.3 Å². The van der Waals surface area contributed by atoms with E-state index in [4.69, 9.17) is 4.74 Å². The lowest BCUT2D eigenvalue weighted by Gasteiger charge is -2.20. The van der Waals surface area contributed by atoms with Gasteiger partial charge >= 0.3 is 12.6 Å². The van der Waals surface area contributed by atoms with Gasteiger partial charge in [0, 0.05) is 12.2 Å². The third-order valence-electron chi connectivity index (χ3n) is 3.33. The predicted octanol–water partition coefficient (Wildman–Crippen LogP) is 3.50. The molecule has 0 unspecified atom stereocenters. The summed E-state index contributed by atoms with van der Waals surface area (Å²) in [4.78, 5) is 25.8. The predicted molar refractivity (Wildman–Crippen MR) is 87.8 cm³/mol. The van der Waals surface area contributed by atoms with Gasteiger partial charge in [-0.3, -0.25) is 4.79 Å². The first-order chi connectivity index (χ1) is 12.0. The molecule has 0 saturated carbocycles. The molecule has 5 nitrogen and oxygen atoms in total. The van der Waals surface area contributed by atoms with Crippen molar-refractivity contribution in [1.29, 1.82) is 0 Å². The number of likely N-dealkylation sites (N-methyl/N-ethyl adjacent to an activating group) is 1. The first-order valence-electron chi connectivity index (χ1n) is 7.59. The van der Waals surface area contributed by atoms with Crippen molar-refractivity contribution in [2.45, 2.75) is 13.5 Å². The average Bonchev–Trinajstić information content (AvgIpc) is 2.61. The number of anilines is 1. The highest BCUT2D eigenvalue weighted by Gasteiger charge is 2.20. The molecule has 2 aromatic rings. The number of amides is 1. The maximum Gasteiger partial charge on any atom is 0.387 e. The monoisotopic (exact) mass is 349 g/mol. The van der Waals surface area contributed by atoms with E-state index in [1.165, 1.54) is 29.2 Å². The van der Waals surface area contributed by atoms with Crippen LogP contribution in [-0.2, 0) is 9.53 Å². The van der Waals surface area contributed by atoms with Crippen molar-refractivity contribution < 1.29 is 27.8 Å². The Morgan fingerprint density at radius 3 is 2.32 bits per heavy atom. The van der Waals surface area contributed by atoms with Crippen LogP contribution in [0.4, 0.5) is 14.5 Å². The van der Waals surface area contributed by atoms with Crippen molar-refractivity contribution in [2.24, 2.45) is 0 Å². The number of para-hydroxylation sites is 2. The minimum absolute atomic E-state index is 0.168. The quantitative estimate of drug-likeness (QED) is 0.718. The third kappa shape index (κ3) is 5.00. The Morgan fingerprint density at radius 1 is 1.04 bits per heavy atom. The number of alkyl halides is 2. The molecule has 7 heteroatoms. The molecule has 0 fully saturated rings. The molecule has 0 spiro atoms. The van der Waals surface area contributed by atoms with Crippen LogP contribution in [0.15, 0.2) is 54.6 Å². The van der Waals surface area contributed by atoms with Crippen molar-refractivity contribution in [1.82, 2.24) is 0 Å². The van der Waals surface area contributed by atoms with Gasteiger partial charge < -0.3 is 14.4 Å². The molecule has 0 aliphatic heterocycles. The molecule has 0 aliphatic carbocycles. The smallest absolute Gasteiger partial charge is 0.387 e. The summed E-state index contributed by atoms with van der Waals surface area (Å²) in [7, 11) is 0. The number of esters is 1. The van der Waals surface area contributed by atoms with Gasteiger partial charge in [0.15, 0.2) is 6.61 Å². The fourth-order valence-corrected chi connectivity index (χ4v) is 2.23. The molecule has 0 heterocycles. The van der Waals surface area contributed by atoms with Crippen LogP contribution >= 0.6 is 0 Å². The Morgan fingerprint density at radius 2 is 1.68 bits per heavy atom. The molecule has 132 valence electrons. The van der Waals surface area contributed by atoms with Gasteiger partial charge in [0.1, 0.15) is 11.3 Å². The molecule has 0 saturated heterocycles. The molecule has 0 aromatic heterocycles. The Kier molecular flexibility index (Phi) is 6.45. The second-order valence-corrected chi connectivity index (χ2v) is 4.92. The SMILES string of the molecule is CCN(C(=O)COC(=O)c1ccccc1OC(F)F)c1ccccc1. The molecular weight excluding hydrogens is 332 g/mol. The minimum atomic E-state index is -3.07. The molecule has 0 aliphatic rings. The topological polar surface area (TPSA) is 55.8 Å². The first-order valence-corrected chi connectivity index (χ1v) is 7.59. The van der Waals surface area contributed by atoms with Gasteiger partial charge in [-0.1, -0.05) is 30.3 Å². The van der Waals surface area contributed by atoms with Gasteiger partial charge in [0.25, 0.3) is 5.91 Å². The van der Waals surface area contributed by atoms with E-state index in [0.29, 0.717) is 12.2 Å². The van der Waals surface area contributed by atoms with Crippen molar-refractivity contribution in [3.63, 3.8) is 0 Å². The van der Waals surface area contributed by atoms with Gasteiger partial charge in [-0.05, 0) is 31.2 Å². The number of carbonyl (C=O) groups excluding carboxylic acids is 2. The zero-order chi connectivity index (χ0) is 18.2. The Balaban J connectivity index is 2.03. The number of carbonyl (C=O) groups is 2. The van der Waals surface area contributed by atoms with Crippen LogP contribution in [0.25, 0.3) is 0 Å². The van der Waals surface area contributed by atoms with Crippen molar-refractivity contribution in [2.75, 3.05) is 18.1 Å². The molecule has 0 N–H and O–H groups in total. The van der Waals surface area contributed by atoms with E-state index in [9.17, 15) is 18.4 Å². The largest absolute Gasteiger partial charge is 0.452 e. The number of nitrogens with zero attached hydrogens (tertiary/aromatic N) is 1. The number of rotatable bonds is 7. The van der Waals surface area contributed by atoms with Crippen LogP contribution in [0.5, 0.6) is 5.75 Å². The average molecular weight is 349 g/mol. The Bertz CT molecular complexity index is 722. The van der Waals surface area contributed by atoms with Crippen molar-refractivity contribution >= 4 is 17.6 Å². The zero-order valence-corrected chi connectivity index (χ0v) is 13.5. The van der Waals surface area contributed by atoms with Gasteiger partial charge in [-0.15, -0.1) is 0 Å². The minimum Gasteiger partial charge on any atom is -0.452 e. The zero-order valence-electron chi connectivity index (χ0n) is 13.5. The van der Waals surface area contributed by atoms with Crippen LogP contribution in [0.2, 0.25) is 0 Å². The summed E-state index contributed by atoms with van der Waals surface area (Å²) < 4.78 is 34.0. The van der Waals surface area contributed by atoms with E-state index in [1.54, 1.807) is 31.2 Å². The second kappa shape index (κ2) is 8.77. The lowest BCUT2D eigenvalue weighted by Crippen LogP contribution is -2.34. The summed E-state index contributed by atoms with van der Waals surface area (Å²) in [5.41, 5.74) is 0.505. The molecule has 0 bridgehead atoms. The number of ether oxygens (including phenoxy) is 2. The lowest BCUT2D eigenvalue weighted by molar-refractivity contribution is -0.121. The van der Waals surface area contributed by atoms with E-state index < -0.39 is 25.1 Å². The molecular formula is C18H17F2NO4. The van der Waals surface area contributed by atoms with E-state index in [1.807, 2.05) is 6.07 Å². The van der Waals surface area contributed by atoms with Crippen LogP contribution in [0.3, 0.4) is 0 Å². The maximum absolute atomic E-state index is 12.4. The summed E-state index contributed by atoms with van der Waals surface area (Å²) in [6.07, 6.45) is 0. The molecule has 0 radical (unpaired) electrons. The summed E-state index contributed by atoms with van der Waals surface area (Å²) in [5, 5.41) is 0. The number of benzene rings is 2. The summed E-state index contributed by atoms with van der Waals surface area (Å²) in [6, 6.07) is 14.4. The number of hydrogen-bond acceptors (Lipinski definition) is 4. The second-order valence-electron chi connectivity index (χ2n) is 4.92. The van der Waals surface area contributed by atoms with Crippen molar-refractivity contribution in [3.05, 3.63) is 60.2 Å². The molecule has 2 aromatic carbocycles. The number of hydrogen-bond donors (Lipinski definition) is 0. The first kappa shape index (κ1) is 18.4. The third-order valence-corrected chi connectivity index (χ3v) is 3.33. The van der Waals surface area contributed by atoms with Crippen LogP contribution in [-0.4, -0.2) is 31.6 Å². The standard InChI is InChI=1S/C18H17F2NO4/c1-2-21(13-8-4-3-5-9-13)16(22)12-24-17(23)14-10-6-7-11-15(14)25-18(19)20/h3-11,18H,2,12H2,1H3. The summed E-state index contributed by atoms with van der Waals surface area (Å²) in [5.74, 6) is -1.63. The van der Waals surface area contributed by atoms with Crippen molar-refractivity contribution in [3.8, 4) is 5.75 Å². The lowest BCUT2D eigenvalue weighted by atomic mass is 10.2.